The van der Waals surface area contributed by atoms with Crippen molar-refractivity contribution in [1.82, 2.24) is 20.5 Å². The summed E-state index contributed by atoms with van der Waals surface area (Å²) in [5.41, 5.74) is -0.0434. The van der Waals surface area contributed by atoms with E-state index in [0.29, 0.717) is 10.6 Å². The molecule has 31 heavy (non-hydrogen) atoms. The molecular formula is C21H25F2N5O2S. The van der Waals surface area contributed by atoms with E-state index in [4.69, 9.17) is 5.41 Å². The fourth-order valence-corrected chi connectivity index (χ4v) is 4.00. The monoisotopic (exact) mass is 449 g/mol. The molecule has 2 heterocycles. The van der Waals surface area contributed by atoms with Crippen molar-refractivity contribution < 1.29 is 18.4 Å². The first-order valence-corrected chi connectivity index (χ1v) is 10.7. The van der Waals surface area contributed by atoms with Gasteiger partial charge in [-0.05, 0) is 37.5 Å². The van der Waals surface area contributed by atoms with Crippen molar-refractivity contribution >= 4 is 29.1 Å². The van der Waals surface area contributed by atoms with Crippen molar-refractivity contribution in [2.24, 2.45) is 5.92 Å². The average molecular weight is 450 g/mol. The van der Waals surface area contributed by atoms with E-state index in [0.717, 1.165) is 18.2 Å². The number of hydrogen-bond acceptors (Lipinski definition) is 5. The minimum atomic E-state index is -0.720. The number of carbonyl (C=O) groups is 2. The Kier molecular flexibility index (Phi) is 6.40. The first-order chi connectivity index (χ1) is 14.5. The SMILES string of the molecule is CC(C)[C@]1(C)CC(=O)N(Cc2nc(C(=O)N[C@@H](C)c3cc(F)cc(F)c3)cs2)C(=N)N1. The number of aromatic nitrogens is 1. The molecule has 1 aliphatic heterocycles. The van der Waals surface area contributed by atoms with Crippen molar-refractivity contribution in [3.63, 3.8) is 0 Å². The minimum absolute atomic E-state index is 0.00963. The molecule has 3 rings (SSSR count). The number of carbonyl (C=O) groups excluding carboxylic acids is 2. The summed E-state index contributed by atoms with van der Waals surface area (Å²) in [6.45, 7) is 7.60. The molecule has 7 nitrogen and oxygen atoms in total. The van der Waals surface area contributed by atoms with Crippen LogP contribution in [0.2, 0.25) is 0 Å². The lowest BCUT2D eigenvalue weighted by atomic mass is 9.83. The maximum Gasteiger partial charge on any atom is 0.271 e. The lowest BCUT2D eigenvalue weighted by Crippen LogP contribution is -2.62. The molecule has 0 radical (unpaired) electrons. The maximum absolute atomic E-state index is 13.4. The van der Waals surface area contributed by atoms with E-state index in [1.54, 1.807) is 12.3 Å². The van der Waals surface area contributed by atoms with Crippen LogP contribution in [0.25, 0.3) is 0 Å². The van der Waals surface area contributed by atoms with Gasteiger partial charge in [-0.1, -0.05) is 13.8 Å². The summed E-state index contributed by atoms with van der Waals surface area (Å²) >= 11 is 1.20. The molecule has 1 saturated heterocycles. The van der Waals surface area contributed by atoms with Crippen molar-refractivity contribution in [1.29, 1.82) is 5.41 Å². The lowest BCUT2D eigenvalue weighted by Gasteiger charge is -2.42. The predicted octanol–water partition coefficient (Wildman–Crippen LogP) is 3.58. The highest BCUT2D eigenvalue weighted by molar-refractivity contribution is 7.09. The van der Waals surface area contributed by atoms with E-state index >= 15 is 0 Å². The van der Waals surface area contributed by atoms with E-state index in [2.05, 4.69) is 15.6 Å². The number of halogens is 2. The zero-order valence-corrected chi connectivity index (χ0v) is 18.6. The third kappa shape index (κ3) is 5.07. The Hall–Kier alpha value is -2.88. The number of guanidine groups is 1. The molecule has 0 bridgehead atoms. The molecule has 2 aromatic rings. The third-order valence-corrected chi connectivity index (χ3v) is 6.41. The van der Waals surface area contributed by atoms with Gasteiger partial charge in [0.1, 0.15) is 22.3 Å². The number of amides is 2. The Morgan fingerprint density at radius 1 is 1.32 bits per heavy atom. The standard InChI is InChI=1S/C21H25F2N5O2S/c1-11(2)21(4)8-18(29)28(20(24)27-21)9-17-26-16(10-31-17)19(30)25-12(3)13-5-14(22)7-15(23)6-13/h5-7,10-12H,8-9H2,1-4H3,(H2,24,27)(H,25,30)/t12-,21-/m0/s1. The van der Waals surface area contributed by atoms with Crippen LogP contribution in [0.3, 0.4) is 0 Å². The molecule has 2 atom stereocenters. The number of nitrogens with one attached hydrogen (secondary N) is 3. The Bertz CT molecular complexity index is 985. The summed E-state index contributed by atoms with van der Waals surface area (Å²) in [5.74, 6) is -1.93. The van der Waals surface area contributed by atoms with Gasteiger partial charge in [0.05, 0.1) is 19.0 Å². The normalized spacial score (nSPS) is 20.0. The predicted molar refractivity (Wildman–Crippen MR) is 114 cm³/mol. The first kappa shape index (κ1) is 22.8. The van der Waals surface area contributed by atoms with Gasteiger partial charge < -0.3 is 10.6 Å². The van der Waals surface area contributed by atoms with Gasteiger partial charge in [0.25, 0.3) is 5.91 Å². The molecule has 1 aromatic heterocycles. The summed E-state index contributed by atoms with van der Waals surface area (Å²) in [4.78, 5) is 30.7. The van der Waals surface area contributed by atoms with Crippen LogP contribution in [0.5, 0.6) is 0 Å². The number of thiazole rings is 1. The van der Waals surface area contributed by atoms with Crippen molar-refractivity contribution in [3.05, 3.63) is 51.5 Å². The molecule has 1 fully saturated rings. The van der Waals surface area contributed by atoms with Crippen molar-refractivity contribution in [2.45, 2.75) is 52.2 Å². The highest BCUT2D eigenvalue weighted by Gasteiger charge is 2.40. The van der Waals surface area contributed by atoms with Crippen LogP contribution in [0.4, 0.5) is 8.78 Å². The van der Waals surface area contributed by atoms with Gasteiger partial charge in [-0.3, -0.25) is 19.9 Å². The quantitative estimate of drug-likeness (QED) is 0.628. The Labute approximate surface area is 183 Å². The van der Waals surface area contributed by atoms with E-state index in [1.807, 2.05) is 20.8 Å². The summed E-state index contributed by atoms with van der Waals surface area (Å²) in [7, 11) is 0. The van der Waals surface area contributed by atoms with Crippen LogP contribution in [-0.2, 0) is 11.3 Å². The summed E-state index contributed by atoms with van der Waals surface area (Å²) in [6.07, 6.45) is 0.257. The highest BCUT2D eigenvalue weighted by Crippen LogP contribution is 2.27. The van der Waals surface area contributed by atoms with E-state index in [-0.39, 0.29) is 36.4 Å². The minimum Gasteiger partial charge on any atom is -0.350 e. The molecule has 1 aromatic carbocycles. The molecule has 166 valence electrons. The van der Waals surface area contributed by atoms with Gasteiger partial charge in [-0.2, -0.15) is 0 Å². The zero-order valence-electron chi connectivity index (χ0n) is 17.8. The van der Waals surface area contributed by atoms with Crippen LogP contribution in [0.15, 0.2) is 23.6 Å². The van der Waals surface area contributed by atoms with Crippen LogP contribution in [0.1, 0.15) is 61.2 Å². The van der Waals surface area contributed by atoms with Crippen LogP contribution < -0.4 is 10.6 Å². The van der Waals surface area contributed by atoms with Crippen LogP contribution in [-0.4, -0.2) is 33.2 Å². The second-order valence-electron chi connectivity index (χ2n) is 8.23. The fraction of sp³-hybridized carbons (Fsp3) is 0.429. The van der Waals surface area contributed by atoms with Crippen LogP contribution >= 0.6 is 11.3 Å². The molecule has 0 unspecified atom stereocenters. The van der Waals surface area contributed by atoms with E-state index in [1.165, 1.54) is 16.2 Å². The molecule has 0 spiro atoms. The molecule has 0 saturated carbocycles. The topological polar surface area (TPSA) is 98.2 Å². The van der Waals surface area contributed by atoms with Gasteiger partial charge in [0, 0.05) is 17.0 Å². The number of rotatable bonds is 6. The zero-order chi connectivity index (χ0) is 22.9. The second-order valence-corrected chi connectivity index (χ2v) is 9.17. The van der Waals surface area contributed by atoms with Gasteiger partial charge in [0.2, 0.25) is 5.91 Å². The number of nitrogens with zero attached hydrogens (tertiary/aromatic N) is 2. The summed E-state index contributed by atoms with van der Waals surface area (Å²) in [5, 5.41) is 16.0. The average Bonchev–Trinajstić information content (AvgIpc) is 3.12. The smallest absolute Gasteiger partial charge is 0.271 e. The Balaban J connectivity index is 1.65. The fourth-order valence-electron chi connectivity index (χ4n) is 3.23. The number of hydrogen-bond donors (Lipinski definition) is 3. The molecule has 0 aliphatic carbocycles. The largest absolute Gasteiger partial charge is 0.350 e. The van der Waals surface area contributed by atoms with Crippen molar-refractivity contribution in [3.8, 4) is 0 Å². The molecule has 1 aliphatic rings. The third-order valence-electron chi connectivity index (χ3n) is 5.58. The maximum atomic E-state index is 13.4. The summed E-state index contributed by atoms with van der Waals surface area (Å²) in [6, 6.07) is 2.46. The Morgan fingerprint density at radius 3 is 2.55 bits per heavy atom. The second kappa shape index (κ2) is 8.70. The van der Waals surface area contributed by atoms with Gasteiger partial charge in [-0.25, -0.2) is 13.8 Å². The van der Waals surface area contributed by atoms with Gasteiger partial charge >= 0.3 is 0 Å². The molecule has 3 N–H and O–H groups in total. The molecule has 10 heteroatoms. The highest BCUT2D eigenvalue weighted by atomic mass is 32.1. The van der Waals surface area contributed by atoms with Crippen LogP contribution in [0, 0.1) is 23.0 Å². The first-order valence-electron chi connectivity index (χ1n) is 9.87. The Morgan fingerprint density at radius 2 is 1.97 bits per heavy atom. The van der Waals surface area contributed by atoms with E-state index < -0.39 is 29.1 Å². The molecular weight excluding hydrogens is 424 g/mol. The summed E-state index contributed by atoms with van der Waals surface area (Å²) < 4.78 is 26.8. The molecule has 2 amide bonds. The van der Waals surface area contributed by atoms with E-state index in [9.17, 15) is 18.4 Å². The number of benzene rings is 1. The van der Waals surface area contributed by atoms with Crippen molar-refractivity contribution in [2.75, 3.05) is 0 Å². The lowest BCUT2D eigenvalue weighted by molar-refractivity contribution is -0.131. The van der Waals surface area contributed by atoms with Gasteiger partial charge in [-0.15, -0.1) is 11.3 Å². The van der Waals surface area contributed by atoms with Gasteiger partial charge in [0.15, 0.2) is 5.96 Å².